The monoisotopic (exact) mass is 307 g/mol. The molecule has 0 radical (unpaired) electrons. The minimum atomic E-state index is -0.396. The topological polar surface area (TPSA) is 43.1 Å². The molecule has 0 fully saturated rings. The van der Waals surface area contributed by atoms with Crippen LogP contribution in [-0.4, -0.2) is 4.92 Å². The summed E-state index contributed by atoms with van der Waals surface area (Å²) in [6, 6.07) is 6.51. The number of rotatable bonds is 2. The quantitative estimate of drug-likeness (QED) is 0.358. The van der Waals surface area contributed by atoms with Crippen molar-refractivity contribution in [3.8, 4) is 0 Å². The van der Waals surface area contributed by atoms with Gasteiger partial charge in [0.1, 0.15) is 0 Å². The normalized spacial score (nSPS) is 14.3. The predicted octanol–water partition coefficient (Wildman–Crippen LogP) is 4.04. The van der Waals surface area contributed by atoms with E-state index in [1.807, 2.05) is 24.3 Å². The molecule has 0 bridgehead atoms. The Morgan fingerprint density at radius 1 is 1.10 bits per heavy atom. The van der Waals surface area contributed by atoms with Crippen LogP contribution in [0.3, 0.4) is 0 Å². The molecule has 0 aromatic heterocycles. The maximum absolute atomic E-state index is 10.4. The molecule has 102 valence electrons. The molecule has 0 spiro atoms. The fourth-order valence-electron chi connectivity index (χ4n) is 1.71. The fourth-order valence-corrected chi connectivity index (χ4v) is 1.71. The average molecular weight is 307 g/mol. The molecule has 20 heavy (non-hydrogen) atoms. The van der Waals surface area contributed by atoms with Crippen LogP contribution in [0.15, 0.2) is 54.6 Å². The molecule has 3 nitrogen and oxygen atoms in total. The number of nitro groups is 1. The van der Waals surface area contributed by atoms with Gasteiger partial charge in [0, 0.05) is 12.1 Å². The van der Waals surface area contributed by atoms with Crippen molar-refractivity contribution in [2.24, 2.45) is 0 Å². The van der Waals surface area contributed by atoms with E-state index in [2.05, 4.69) is 18.2 Å². The fraction of sp³-hybridized carbons (Fsp3) is 0.125. The van der Waals surface area contributed by atoms with Crippen molar-refractivity contribution in [3.63, 3.8) is 0 Å². The van der Waals surface area contributed by atoms with Gasteiger partial charge in [-0.05, 0) is 0 Å². The van der Waals surface area contributed by atoms with Crippen molar-refractivity contribution in [1.82, 2.24) is 0 Å². The van der Waals surface area contributed by atoms with Crippen LogP contribution in [0.4, 0.5) is 5.69 Å². The molecule has 0 aliphatic heterocycles. The molecule has 2 aliphatic carbocycles. The summed E-state index contributed by atoms with van der Waals surface area (Å²) in [7, 11) is 0. The Morgan fingerprint density at radius 2 is 1.85 bits per heavy atom. The molecule has 2 aliphatic rings. The number of benzene rings is 1. The van der Waals surface area contributed by atoms with E-state index in [1.54, 1.807) is 12.1 Å². The third-order valence-electron chi connectivity index (χ3n) is 2.67. The van der Waals surface area contributed by atoms with E-state index in [9.17, 15) is 10.1 Å². The van der Waals surface area contributed by atoms with Crippen LogP contribution in [0.1, 0.15) is 18.4 Å². The second-order valence-electron chi connectivity index (χ2n) is 4.00. The van der Waals surface area contributed by atoms with Gasteiger partial charge in [0.15, 0.2) is 0 Å². The molecule has 0 saturated heterocycles. The summed E-state index contributed by atoms with van der Waals surface area (Å²) in [6.07, 6.45) is 18.0. The Kier molecular flexibility index (Phi) is 6.71. The first-order valence-electron chi connectivity index (χ1n) is 6.01. The van der Waals surface area contributed by atoms with Crippen molar-refractivity contribution in [2.75, 3.05) is 0 Å². The average Bonchev–Trinajstić information content (AvgIpc) is 3.15. The van der Waals surface area contributed by atoms with Gasteiger partial charge < -0.3 is 0 Å². The van der Waals surface area contributed by atoms with E-state index in [0.29, 0.717) is 0 Å². The summed E-state index contributed by atoms with van der Waals surface area (Å²) >= 11 is 0. The van der Waals surface area contributed by atoms with E-state index in [-0.39, 0.29) is 22.8 Å². The van der Waals surface area contributed by atoms with Gasteiger partial charge in [-0.3, -0.25) is 16.2 Å². The van der Waals surface area contributed by atoms with Gasteiger partial charge in [0.2, 0.25) is 0 Å². The molecule has 1 aromatic carbocycles. The predicted molar refractivity (Wildman–Crippen MR) is 75.1 cm³/mol. The smallest absolute Gasteiger partial charge is 0.273 e. The van der Waals surface area contributed by atoms with Gasteiger partial charge in [0.05, 0.1) is 4.92 Å². The van der Waals surface area contributed by atoms with Gasteiger partial charge in [0.25, 0.3) is 5.69 Å². The Hall–Kier alpha value is -1.90. The van der Waals surface area contributed by atoms with Crippen LogP contribution in [0.2, 0.25) is 0 Å². The van der Waals surface area contributed by atoms with Crippen LogP contribution in [-0.2, 0) is 17.1 Å². The summed E-state index contributed by atoms with van der Waals surface area (Å²) < 4.78 is 0. The van der Waals surface area contributed by atoms with Crippen molar-refractivity contribution >= 4 is 11.3 Å². The van der Waals surface area contributed by atoms with Crippen LogP contribution in [0, 0.1) is 22.3 Å². The summed E-state index contributed by atoms with van der Waals surface area (Å²) in [5.41, 5.74) is 2.11. The van der Waals surface area contributed by atoms with Gasteiger partial charge in [-0.1, -0.05) is 6.42 Å². The Bertz CT molecular complexity index is 559. The van der Waals surface area contributed by atoms with Crippen molar-refractivity contribution in [2.45, 2.75) is 12.8 Å². The van der Waals surface area contributed by atoms with Crippen molar-refractivity contribution < 1.29 is 22.0 Å². The second-order valence-corrected chi connectivity index (χ2v) is 4.00. The first kappa shape index (κ1) is 16.2. The molecule has 0 amide bonds. The molecular weight excluding hydrogens is 294 g/mol. The van der Waals surface area contributed by atoms with E-state index >= 15 is 0 Å². The van der Waals surface area contributed by atoms with Gasteiger partial charge in [-0.2, -0.15) is 23.8 Å². The largest absolute Gasteiger partial charge is 2.00 e. The van der Waals surface area contributed by atoms with E-state index in [1.165, 1.54) is 12.1 Å². The molecule has 0 heterocycles. The maximum Gasteiger partial charge on any atom is 2.00 e. The van der Waals surface area contributed by atoms with Crippen LogP contribution < -0.4 is 0 Å². The third kappa shape index (κ3) is 4.65. The van der Waals surface area contributed by atoms with Gasteiger partial charge >= 0.3 is 17.1 Å². The molecule has 0 saturated carbocycles. The number of hydrogen-bond acceptors (Lipinski definition) is 2. The molecule has 1 aromatic rings. The van der Waals surface area contributed by atoms with E-state index < -0.39 is 4.92 Å². The van der Waals surface area contributed by atoms with Crippen LogP contribution >= 0.6 is 0 Å². The summed E-state index contributed by atoms with van der Waals surface area (Å²) in [6.45, 7) is 0. The number of hydrogen-bond donors (Lipinski definition) is 0. The molecule has 0 unspecified atom stereocenters. The Morgan fingerprint density at radius 3 is 2.25 bits per heavy atom. The minimum Gasteiger partial charge on any atom is -0.273 e. The number of non-ortho nitro benzene ring substituents is 1. The molecule has 4 heteroatoms. The summed E-state index contributed by atoms with van der Waals surface area (Å²) in [4.78, 5) is 10.0. The Labute approximate surface area is 129 Å². The first-order valence-corrected chi connectivity index (χ1v) is 6.01. The summed E-state index contributed by atoms with van der Waals surface area (Å²) in [5.74, 6) is 0. The SMILES string of the molecule is O=[N+]([O-])c1ccc(C2=[C-]CC=C2)cc1.[C-]1=CC=CC1.[Fe+2]. The van der Waals surface area contributed by atoms with E-state index in [4.69, 9.17) is 0 Å². The first-order chi connectivity index (χ1) is 9.27. The van der Waals surface area contributed by atoms with Crippen LogP contribution in [0.5, 0.6) is 0 Å². The van der Waals surface area contributed by atoms with E-state index in [0.717, 1.165) is 24.0 Å². The zero-order valence-corrected chi connectivity index (χ0v) is 11.8. The number of nitrogens with zero attached hydrogens (tertiary/aromatic N) is 1. The van der Waals surface area contributed by atoms with Gasteiger partial charge in [-0.15, -0.1) is 30.2 Å². The van der Waals surface area contributed by atoms with Crippen LogP contribution in [0.25, 0.3) is 5.57 Å². The Balaban J connectivity index is 0.000000283. The van der Waals surface area contributed by atoms with Crippen molar-refractivity contribution in [3.05, 3.63) is 82.5 Å². The third-order valence-corrected chi connectivity index (χ3v) is 2.67. The van der Waals surface area contributed by atoms with Gasteiger partial charge in [-0.25, -0.2) is 12.2 Å². The number of nitro benzene ring substituents is 1. The zero-order chi connectivity index (χ0) is 13.5. The second kappa shape index (κ2) is 8.31. The molecular formula is C16H13FeNO2. The van der Waals surface area contributed by atoms with Crippen molar-refractivity contribution in [1.29, 1.82) is 0 Å². The molecule has 3 rings (SSSR count). The summed E-state index contributed by atoms with van der Waals surface area (Å²) in [5, 5.41) is 10.4. The standard InChI is InChI=1S/C11H8NO2.C5H5.Fe/c13-12(14)11-7-5-10(6-8-11)9-3-1-2-4-9;1-2-4-5-3-1;/h1,3,5-8H,2H2;1-3H,4H2;/q2*-1;+2. The number of allylic oxidation sites excluding steroid dienone is 8. The minimum absolute atomic E-state index is 0. The molecule has 0 atom stereocenters. The zero-order valence-electron chi connectivity index (χ0n) is 10.7. The molecule has 0 N–H and O–H groups in total. The maximum atomic E-state index is 10.4.